The van der Waals surface area contributed by atoms with E-state index in [-0.39, 0.29) is 18.9 Å². The Hall–Kier alpha value is -1.92. The second-order valence-corrected chi connectivity index (χ2v) is 4.96. The van der Waals surface area contributed by atoms with E-state index in [9.17, 15) is 4.79 Å². The first-order valence-corrected chi connectivity index (χ1v) is 6.75. The number of nitrogens with two attached hydrogens (primary N) is 1. The molecule has 1 heterocycles. The molecule has 1 aromatic heterocycles. The molecule has 0 saturated heterocycles. The van der Waals surface area contributed by atoms with Crippen LogP contribution in [-0.4, -0.2) is 22.6 Å². The van der Waals surface area contributed by atoms with Gasteiger partial charge in [-0.3, -0.25) is 4.79 Å². The molecule has 1 aromatic carbocycles. The molecule has 0 radical (unpaired) electrons. The molecule has 0 aliphatic carbocycles. The van der Waals surface area contributed by atoms with Gasteiger partial charge in [0.2, 0.25) is 5.91 Å². The molecule has 19 heavy (non-hydrogen) atoms. The van der Waals surface area contributed by atoms with Crippen molar-refractivity contribution in [1.29, 1.82) is 0 Å². The number of aliphatic hydroxyl groups excluding tert-OH is 1. The normalized spacial score (nSPS) is 10.4. The molecule has 0 saturated carbocycles. The smallest absolute Gasteiger partial charge is 0.230 e. The lowest BCUT2D eigenvalue weighted by molar-refractivity contribution is -0.115. The second-order valence-electron chi connectivity index (χ2n) is 4.07. The summed E-state index contributed by atoms with van der Waals surface area (Å²) >= 11 is 1.32. The number of rotatable bonds is 5. The quantitative estimate of drug-likeness (QED) is 0.771. The third kappa shape index (κ3) is 4.04. The number of thiazole rings is 1. The van der Waals surface area contributed by atoms with Crippen molar-refractivity contribution >= 4 is 28.1 Å². The van der Waals surface area contributed by atoms with Crippen molar-refractivity contribution in [2.75, 3.05) is 17.7 Å². The Balaban J connectivity index is 1.91. The highest BCUT2D eigenvalue weighted by Crippen LogP contribution is 2.13. The van der Waals surface area contributed by atoms with Crippen LogP contribution >= 0.6 is 11.3 Å². The largest absolute Gasteiger partial charge is 0.396 e. The lowest BCUT2D eigenvalue weighted by Gasteiger charge is -2.05. The zero-order chi connectivity index (χ0) is 13.7. The first kappa shape index (κ1) is 13.5. The van der Waals surface area contributed by atoms with Crippen LogP contribution in [0.5, 0.6) is 0 Å². The van der Waals surface area contributed by atoms with E-state index in [0.717, 1.165) is 11.3 Å². The maximum absolute atomic E-state index is 11.8. The van der Waals surface area contributed by atoms with Crippen molar-refractivity contribution in [3.8, 4) is 0 Å². The predicted molar refractivity (Wildman–Crippen MR) is 76.1 cm³/mol. The van der Waals surface area contributed by atoms with E-state index in [2.05, 4.69) is 10.3 Å². The van der Waals surface area contributed by atoms with Gasteiger partial charge in [0.15, 0.2) is 5.13 Å². The van der Waals surface area contributed by atoms with Crippen LogP contribution in [0.25, 0.3) is 0 Å². The number of hydrogen-bond donors (Lipinski definition) is 3. The third-order valence-corrected chi connectivity index (χ3v) is 3.27. The Kier molecular flexibility index (Phi) is 4.48. The van der Waals surface area contributed by atoms with Gasteiger partial charge in [0.05, 0.1) is 12.1 Å². The van der Waals surface area contributed by atoms with Gasteiger partial charge >= 0.3 is 0 Å². The van der Waals surface area contributed by atoms with Gasteiger partial charge in [-0.05, 0) is 24.1 Å². The molecule has 0 fully saturated rings. The number of carbonyl (C=O) groups is 1. The number of hydrogen-bond acceptors (Lipinski definition) is 5. The molecule has 0 atom stereocenters. The van der Waals surface area contributed by atoms with E-state index in [1.807, 2.05) is 24.3 Å². The average molecular weight is 277 g/mol. The molecule has 0 bridgehead atoms. The van der Waals surface area contributed by atoms with Crippen molar-refractivity contribution in [1.82, 2.24) is 4.98 Å². The monoisotopic (exact) mass is 277 g/mol. The van der Waals surface area contributed by atoms with E-state index in [4.69, 9.17) is 10.8 Å². The van der Waals surface area contributed by atoms with Crippen LogP contribution in [0.4, 0.5) is 10.8 Å². The predicted octanol–water partition coefficient (Wildman–Crippen LogP) is 1.44. The van der Waals surface area contributed by atoms with Crippen LogP contribution in [0.15, 0.2) is 29.6 Å². The van der Waals surface area contributed by atoms with Gasteiger partial charge in [-0.15, -0.1) is 11.3 Å². The summed E-state index contributed by atoms with van der Waals surface area (Å²) in [6.45, 7) is 0.122. The molecule has 0 unspecified atom stereocenters. The van der Waals surface area contributed by atoms with Gasteiger partial charge < -0.3 is 16.2 Å². The van der Waals surface area contributed by atoms with E-state index in [0.29, 0.717) is 17.2 Å². The number of nitrogens with one attached hydrogen (secondary N) is 1. The first-order chi connectivity index (χ1) is 9.17. The summed E-state index contributed by atoms with van der Waals surface area (Å²) in [5, 5.41) is 13.9. The van der Waals surface area contributed by atoms with E-state index in [1.165, 1.54) is 11.3 Å². The highest BCUT2D eigenvalue weighted by Gasteiger charge is 2.07. The van der Waals surface area contributed by atoms with Gasteiger partial charge in [-0.25, -0.2) is 4.98 Å². The zero-order valence-electron chi connectivity index (χ0n) is 10.3. The molecule has 0 spiro atoms. The van der Waals surface area contributed by atoms with Crippen LogP contribution in [0.1, 0.15) is 11.3 Å². The SMILES string of the molecule is Nc1nc(CC(=O)Nc2ccc(CCO)cc2)cs1. The Labute approximate surface area is 115 Å². The van der Waals surface area contributed by atoms with Gasteiger partial charge in [0, 0.05) is 17.7 Å². The Morgan fingerprint density at radius 1 is 1.37 bits per heavy atom. The number of nitrogen functional groups attached to an aromatic ring is 1. The van der Waals surface area contributed by atoms with Gasteiger partial charge in [0.25, 0.3) is 0 Å². The highest BCUT2D eigenvalue weighted by molar-refractivity contribution is 7.13. The van der Waals surface area contributed by atoms with Crippen molar-refractivity contribution in [2.45, 2.75) is 12.8 Å². The van der Waals surface area contributed by atoms with Crippen molar-refractivity contribution in [3.63, 3.8) is 0 Å². The minimum atomic E-state index is -0.125. The highest BCUT2D eigenvalue weighted by atomic mass is 32.1. The summed E-state index contributed by atoms with van der Waals surface area (Å²) < 4.78 is 0. The van der Waals surface area contributed by atoms with Crippen LogP contribution in [0.2, 0.25) is 0 Å². The summed E-state index contributed by atoms with van der Waals surface area (Å²) in [5.74, 6) is -0.125. The molecule has 2 rings (SSSR count). The summed E-state index contributed by atoms with van der Waals surface area (Å²) in [6, 6.07) is 7.40. The molecule has 100 valence electrons. The van der Waals surface area contributed by atoms with Crippen molar-refractivity contribution in [3.05, 3.63) is 40.9 Å². The maximum Gasteiger partial charge on any atom is 0.230 e. The fourth-order valence-electron chi connectivity index (χ4n) is 1.66. The van der Waals surface area contributed by atoms with Crippen LogP contribution < -0.4 is 11.1 Å². The number of aromatic nitrogens is 1. The Bertz CT molecular complexity index is 551. The lowest BCUT2D eigenvalue weighted by Crippen LogP contribution is -2.14. The minimum Gasteiger partial charge on any atom is -0.396 e. The summed E-state index contributed by atoms with van der Waals surface area (Å²) in [6.07, 6.45) is 0.832. The van der Waals surface area contributed by atoms with Gasteiger partial charge in [-0.1, -0.05) is 12.1 Å². The number of benzene rings is 1. The minimum absolute atomic E-state index is 0.122. The topological polar surface area (TPSA) is 88.2 Å². The molecular formula is C13H15N3O2S. The number of aliphatic hydroxyl groups is 1. The lowest BCUT2D eigenvalue weighted by atomic mass is 10.1. The fourth-order valence-corrected chi connectivity index (χ4v) is 2.22. The number of nitrogens with zero attached hydrogens (tertiary/aromatic N) is 1. The molecule has 0 aliphatic rings. The Morgan fingerprint density at radius 2 is 2.11 bits per heavy atom. The zero-order valence-corrected chi connectivity index (χ0v) is 11.1. The summed E-state index contributed by atoms with van der Waals surface area (Å²) in [4.78, 5) is 15.8. The number of amides is 1. The van der Waals surface area contributed by atoms with Crippen molar-refractivity contribution in [2.24, 2.45) is 0 Å². The van der Waals surface area contributed by atoms with Gasteiger partial charge in [0.1, 0.15) is 0 Å². The van der Waals surface area contributed by atoms with Crippen LogP contribution in [0.3, 0.4) is 0 Å². The van der Waals surface area contributed by atoms with E-state index >= 15 is 0 Å². The fraction of sp³-hybridized carbons (Fsp3) is 0.231. The summed E-state index contributed by atoms with van der Waals surface area (Å²) in [7, 11) is 0. The number of anilines is 2. The third-order valence-electron chi connectivity index (χ3n) is 2.55. The van der Waals surface area contributed by atoms with E-state index < -0.39 is 0 Å². The average Bonchev–Trinajstić information content (AvgIpc) is 2.77. The molecule has 0 aliphatic heterocycles. The van der Waals surface area contributed by atoms with E-state index in [1.54, 1.807) is 5.38 Å². The van der Waals surface area contributed by atoms with Gasteiger partial charge in [-0.2, -0.15) is 0 Å². The maximum atomic E-state index is 11.8. The van der Waals surface area contributed by atoms with Crippen LogP contribution in [-0.2, 0) is 17.6 Å². The second kappa shape index (κ2) is 6.31. The molecule has 6 heteroatoms. The Morgan fingerprint density at radius 3 is 2.68 bits per heavy atom. The standard InChI is InChI=1S/C13H15N3O2S/c14-13-16-11(8-19-13)7-12(18)15-10-3-1-9(2-4-10)5-6-17/h1-4,8,17H,5-7H2,(H2,14,16)(H,15,18). The summed E-state index contributed by atoms with van der Waals surface area (Å²) in [5.41, 5.74) is 7.95. The molecule has 5 nitrogen and oxygen atoms in total. The molecule has 4 N–H and O–H groups in total. The molecular weight excluding hydrogens is 262 g/mol. The first-order valence-electron chi connectivity index (χ1n) is 5.87. The van der Waals surface area contributed by atoms with Crippen molar-refractivity contribution < 1.29 is 9.90 Å². The number of carbonyl (C=O) groups excluding carboxylic acids is 1. The van der Waals surface area contributed by atoms with Crippen LogP contribution in [0, 0.1) is 0 Å². The molecule has 1 amide bonds. The molecule has 2 aromatic rings.